The zero-order valence-corrected chi connectivity index (χ0v) is 11.9. The van der Waals surface area contributed by atoms with Gasteiger partial charge in [-0.25, -0.2) is 0 Å². The summed E-state index contributed by atoms with van der Waals surface area (Å²) in [6.07, 6.45) is 2.91. The van der Waals surface area contributed by atoms with Gasteiger partial charge in [-0.1, -0.05) is 44.2 Å². The van der Waals surface area contributed by atoms with Crippen molar-refractivity contribution in [3.05, 3.63) is 35.9 Å². The van der Waals surface area contributed by atoms with Gasteiger partial charge < -0.3 is 10.6 Å². The molecule has 1 fully saturated rings. The van der Waals surface area contributed by atoms with Crippen LogP contribution >= 0.6 is 0 Å². The van der Waals surface area contributed by atoms with Crippen LogP contribution < -0.4 is 10.6 Å². The fraction of sp³-hybridized carbons (Fsp3) is 0.562. The highest BCUT2D eigenvalue weighted by atomic mass is 16.2. The molecule has 3 nitrogen and oxygen atoms in total. The lowest BCUT2D eigenvalue weighted by atomic mass is 9.92. The van der Waals surface area contributed by atoms with Crippen molar-refractivity contribution in [2.45, 2.75) is 44.6 Å². The fourth-order valence-electron chi connectivity index (χ4n) is 2.78. The van der Waals surface area contributed by atoms with Gasteiger partial charge in [0.05, 0.1) is 5.54 Å². The Labute approximate surface area is 115 Å². The lowest BCUT2D eigenvalue weighted by Crippen LogP contribution is -2.53. The van der Waals surface area contributed by atoms with Gasteiger partial charge in [-0.15, -0.1) is 0 Å². The number of rotatable bonds is 5. The van der Waals surface area contributed by atoms with Crippen LogP contribution in [-0.4, -0.2) is 24.5 Å². The van der Waals surface area contributed by atoms with Crippen LogP contribution in [0, 0.1) is 0 Å². The van der Waals surface area contributed by atoms with Crippen LogP contribution in [0.2, 0.25) is 0 Å². The van der Waals surface area contributed by atoms with Gasteiger partial charge in [-0.05, 0) is 37.3 Å². The zero-order valence-electron chi connectivity index (χ0n) is 11.9. The van der Waals surface area contributed by atoms with Crippen LogP contribution in [-0.2, 0) is 4.79 Å². The molecule has 104 valence electrons. The highest BCUT2D eigenvalue weighted by Gasteiger charge is 2.38. The quantitative estimate of drug-likeness (QED) is 0.854. The second kappa shape index (κ2) is 6.20. The Balaban J connectivity index is 1.90. The Morgan fingerprint density at radius 3 is 2.74 bits per heavy atom. The number of benzene rings is 1. The van der Waals surface area contributed by atoms with E-state index in [4.69, 9.17) is 0 Å². The molecule has 1 heterocycles. The standard InChI is InChI=1S/C16H24N2O/c1-3-16(10-7-11-18-16)15(19)17-12-13(2)14-8-5-4-6-9-14/h4-6,8-9,13,18H,3,7,10-12H2,1-2H3,(H,17,19). The average molecular weight is 260 g/mol. The molecule has 0 spiro atoms. The Hall–Kier alpha value is -1.35. The lowest BCUT2D eigenvalue weighted by molar-refractivity contribution is -0.127. The van der Waals surface area contributed by atoms with Crippen molar-refractivity contribution in [3.63, 3.8) is 0 Å². The molecule has 2 unspecified atom stereocenters. The van der Waals surface area contributed by atoms with Crippen molar-refractivity contribution >= 4 is 5.91 Å². The summed E-state index contributed by atoms with van der Waals surface area (Å²) >= 11 is 0. The van der Waals surface area contributed by atoms with Crippen LogP contribution in [0.1, 0.15) is 44.6 Å². The third-order valence-electron chi connectivity index (χ3n) is 4.22. The van der Waals surface area contributed by atoms with Gasteiger partial charge in [-0.3, -0.25) is 4.79 Å². The molecule has 1 saturated heterocycles. The van der Waals surface area contributed by atoms with Crippen LogP contribution in [0.25, 0.3) is 0 Å². The van der Waals surface area contributed by atoms with E-state index in [1.165, 1.54) is 5.56 Å². The molecule has 0 aromatic heterocycles. The molecular weight excluding hydrogens is 236 g/mol. The van der Waals surface area contributed by atoms with Crippen molar-refractivity contribution in [1.29, 1.82) is 0 Å². The van der Waals surface area contributed by atoms with E-state index in [0.717, 1.165) is 25.8 Å². The van der Waals surface area contributed by atoms with Crippen molar-refractivity contribution in [2.75, 3.05) is 13.1 Å². The molecule has 2 rings (SSSR count). The molecule has 0 radical (unpaired) electrons. The maximum atomic E-state index is 12.4. The summed E-state index contributed by atoms with van der Waals surface area (Å²) in [5.41, 5.74) is 0.948. The molecule has 1 aliphatic rings. The van der Waals surface area contributed by atoms with Crippen LogP contribution in [0.4, 0.5) is 0 Å². The molecule has 2 N–H and O–H groups in total. The Kier molecular flexibility index (Phi) is 4.59. The predicted octanol–water partition coefficient (Wildman–Crippen LogP) is 2.44. The van der Waals surface area contributed by atoms with E-state index in [1.54, 1.807) is 0 Å². The predicted molar refractivity (Wildman–Crippen MR) is 78.1 cm³/mol. The van der Waals surface area contributed by atoms with Crippen LogP contribution in [0.3, 0.4) is 0 Å². The number of nitrogens with one attached hydrogen (secondary N) is 2. The summed E-state index contributed by atoms with van der Waals surface area (Å²) in [7, 11) is 0. The fourth-order valence-corrected chi connectivity index (χ4v) is 2.78. The molecule has 1 aromatic rings. The highest BCUT2D eigenvalue weighted by molar-refractivity contribution is 5.86. The van der Waals surface area contributed by atoms with E-state index in [2.05, 4.69) is 36.6 Å². The Bertz CT molecular complexity index is 410. The van der Waals surface area contributed by atoms with Crippen molar-refractivity contribution in [2.24, 2.45) is 0 Å². The normalized spacial score (nSPS) is 24.1. The maximum absolute atomic E-state index is 12.4. The van der Waals surface area contributed by atoms with E-state index in [0.29, 0.717) is 12.5 Å². The van der Waals surface area contributed by atoms with Crippen LogP contribution in [0.15, 0.2) is 30.3 Å². The Morgan fingerprint density at radius 2 is 2.16 bits per heavy atom. The minimum atomic E-state index is -0.323. The van der Waals surface area contributed by atoms with Gasteiger partial charge in [0.1, 0.15) is 0 Å². The van der Waals surface area contributed by atoms with Crippen LogP contribution in [0.5, 0.6) is 0 Å². The maximum Gasteiger partial charge on any atom is 0.240 e. The number of hydrogen-bond donors (Lipinski definition) is 2. The monoisotopic (exact) mass is 260 g/mol. The molecule has 2 atom stereocenters. The smallest absolute Gasteiger partial charge is 0.240 e. The van der Waals surface area contributed by atoms with Gasteiger partial charge in [0.15, 0.2) is 0 Å². The number of hydrogen-bond acceptors (Lipinski definition) is 2. The summed E-state index contributed by atoms with van der Waals surface area (Å²) < 4.78 is 0. The number of carbonyl (C=O) groups is 1. The molecule has 1 aromatic carbocycles. The van der Waals surface area contributed by atoms with Gasteiger partial charge in [0.25, 0.3) is 0 Å². The summed E-state index contributed by atoms with van der Waals surface area (Å²) in [4.78, 5) is 12.4. The third kappa shape index (κ3) is 3.16. The van der Waals surface area contributed by atoms with E-state index in [9.17, 15) is 4.79 Å². The average Bonchev–Trinajstić information content (AvgIpc) is 2.95. The second-order valence-corrected chi connectivity index (χ2v) is 5.49. The van der Waals surface area contributed by atoms with Gasteiger partial charge in [0.2, 0.25) is 5.91 Å². The summed E-state index contributed by atoms with van der Waals surface area (Å²) in [6.45, 7) is 5.89. The zero-order chi connectivity index (χ0) is 13.7. The third-order valence-corrected chi connectivity index (χ3v) is 4.22. The summed E-state index contributed by atoms with van der Waals surface area (Å²) in [6, 6.07) is 10.3. The molecule has 0 bridgehead atoms. The molecule has 0 aliphatic carbocycles. The first-order chi connectivity index (χ1) is 9.18. The van der Waals surface area contributed by atoms with E-state index in [1.807, 2.05) is 18.2 Å². The topological polar surface area (TPSA) is 41.1 Å². The van der Waals surface area contributed by atoms with E-state index in [-0.39, 0.29) is 11.4 Å². The number of amides is 1. The molecule has 19 heavy (non-hydrogen) atoms. The molecule has 3 heteroatoms. The first-order valence-corrected chi connectivity index (χ1v) is 7.26. The second-order valence-electron chi connectivity index (χ2n) is 5.49. The lowest BCUT2D eigenvalue weighted by Gasteiger charge is -2.27. The first kappa shape index (κ1) is 14.1. The molecule has 1 aliphatic heterocycles. The van der Waals surface area contributed by atoms with Gasteiger partial charge in [0, 0.05) is 6.54 Å². The Morgan fingerprint density at radius 1 is 1.42 bits per heavy atom. The number of carbonyl (C=O) groups excluding carboxylic acids is 1. The van der Waals surface area contributed by atoms with Crippen molar-refractivity contribution in [3.8, 4) is 0 Å². The van der Waals surface area contributed by atoms with Gasteiger partial charge >= 0.3 is 0 Å². The minimum absolute atomic E-state index is 0.162. The van der Waals surface area contributed by atoms with Gasteiger partial charge in [-0.2, -0.15) is 0 Å². The molecule has 1 amide bonds. The first-order valence-electron chi connectivity index (χ1n) is 7.26. The SMILES string of the molecule is CCC1(C(=O)NCC(C)c2ccccc2)CCCN1. The molecular formula is C16H24N2O. The van der Waals surface area contributed by atoms with Crippen molar-refractivity contribution < 1.29 is 4.79 Å². The summed E-state index contributed by atoms with van der Waals surface area (Å²) in [5, 5.41) is 6.48. The largest absolute Gasteiger partial charge is 0.354 e. The van der Waals surface area contributed by atoms with E-state index >= 15 is 0 Å². The van der Waals surface area contributed by atoms with Crippen molar-refractivity contribution in [1.82, 2.24) is 10.6 Å². The van der Waals surface area contributed by atoms with E-state index < -0.39 is 0 Å². The minimum Gasteiger partial charge on any atom is -0.354 e. The highest BCUT2D eigenvalue weighted by Crippen LogP contribution is 2.23. The molecule has 0 saturated carbocycles. The summed E-state index contributed by atoms with van der Waals surface area (Å²) in [5.74, 6) is 0.510.